The SMILES string of the molecule is O=C(O)OC1CCC2(CCCC2)N1. The van der Waals surface area contributed by atoms with Crippen LogP contribution in [0.25, 0.3) is 0 Å². The van der Waals surface area contributed by atoms with E-state index in [1.54, 1.807) is 0 Å². The largest absolute Gasteiger partial charge is 0.507 e. The van der Waals surface area contributed by atoms with Crippen molar-refractivity contribution in [3.05, 3.63) is 0 Å². The molecule has 1 aliphatic carbocycles. The topological polar surface area (TPSA) is 58.6 Å². The highest BCUT2D eigenvalue weighted by Crippen LogP contribution is 2.38. The summed E-state index contributed by atoms with van der Waals surface area (Å²) in [6.07, 6.45) is 5.30. The predicted octanol–water partition coefficient (Wildman–Crippen LogP) is 1.70. The molecule has 2 aliphatic rings. The maximum atomic E-state index is 10.3. The quantitative estimate of drug-likeness (QED) is 0.610. The molecular formula is C9H15NO3. The number of ether oxygens (including phenoxy) is 1. The lowest BCUT2D eigenvalue weighted by Crippen LogP contribution is -2.42. The van der Waals surface area contributed by atoms with Gasteiger partial charge in [0.1, 0.15) is 0 Å². The summed E-state index contributed by atoms with van der Waals surface area (Å²) in [6, 6.07) is 0. The Morgan fingerprint density at radius 3 is 2.69 bits per heavy atom. The molecule has 2 fully saturated rings. The average molecular weight is 185 g/mol. The van der Waals surface area contributed by atoms with Gasteiger partial charge >= 0.3 is 6.16 Å². The van der Waals surface area contributed by atoms with Crippen molar-refractivity contribution in [3.63, 3.8) is 0 Å². The van der Waals surface area contributed by atoms with Crippen LogP contribution in [-0.4, -0.2) is 23.0 Å². The molecule has 2 rings (SSSR count). The van der Waals surface area contributed by atoms with E-state index in [-0.39, 0.29) is 11.8 Å². The Morgan fingerprint density at radius 1 is 1.38 bits per heavy atom. The molecule has 0 aromatic carbocycles. The van der Waals surface area contributed by atoms with Crippen LogP contribution in [0.4, 0.5) is 4.79 Å². The number of nitrogens with one attached hydrogen (secondary N) is 1. The summed E-state index contributed by atoms with van der Waals surface area (Å²) in [5.41, 5.74) is 0.208. The molecule has 13 heavy (non-hydrogen) atoms. The Labute approximate surface area is 77.3 Å². The van der Waals surface area contributed by atoms with Gasteiger partial charge in [-0.05, 0) is 19.3 Å². The van der Waals surface area contributed by atoms with E-state index in [2.05, 4.69) is 5.32 Å². The predicted molar refractivity (Wildman–Crippen MR) is 46.5 cm³/mol. The van der Waals surface area contributed by atoms with Crippen LogP contribution in [0.5, 0.6) is 0 Å². The third-order valence-electron chi connectivity index (χ3n) is 3.16. The molecule has 0 aromatic rings. The molecule has 74 valence electrons. The Bertz CT molecular complexity index is 211. The number of carbonyl (C=O) groups is 1. The minimum absolute atomic E-state index is 0.208. The fraction of sp³-hybridized carbons (Fsp3) is 0.889. The molecule has 1 atom stereocenters. The van der Waals surface area contributed by atoms with E-state index in [1.807, 2.05) is 0 Å². The van der Waals surface area contributed by atoms with Crippen molar-refractivity contribution in [1.29, 1.82) is 0 Å². The molecule has 2 N–H and O–H groups in total. The van der Waals surface area contributed by atoms with E-state index in [0.29, 0.717) is 0 Å². The number of hydrogen-bond acceptors (Lipinski definition) is 3. The van der Waals surface area contributed by atoms with E-state index < -0.39 is 6.16 Å². The van der Waals surface area contributed by atoms with Crippen LogP contribution in [0.3, 0.4) is 0 Å². The second-order valence-electron chi connectivity index (χ2n) is 4.04. The Morgan fingerprint density at radius 2 is 2.08 bits per heavy atom. The van der Waals surface area contributed by atoms with Crippen LogP contribution >= 0.6 is 0 Å². The number of rotatable bonds is 1. The van der Waals surface area contributed by atoms with Gasteiger partial charge in [-0.15, -0.1) is 0 Å². The van der Waals surface area contributed by atoms with Gasteiger partial charge in [0.25, 0.3) is 0 Å². The van der Waals surface area contributed by atoms with E-state index in [9.17, 15) is 4.79 Å². The Hall–Kier alpha value is -0.770. The van der Waals surface area contributed by atoms with Gasteiger partial charge in [0, 0.05) is 12.0 Å². The van der Waals surface area contributed by atoms with Crippen LogP contribution in [0.1, 0.15) is 38.5 Å². The van der Waals surface area contributed by atoms with Gasteiger partial charge in [-0.1, -0.05) is 12.8 Å². The van der Waals surface area contributed by atoms with Gasteiger partial charge in [-0.2, -0.15) is 0 Å². The van der Waals surface area contributed by atoms with Crippen LogP contribution in [-0.2, 0) is 4.74 Å². The van der Waals surface area contributed by atoms with Crippen LogP contribution < -0.4 is 5.32 Å². The zero-order chi connectivity index (χ0) is 9.31. The fourth-order valence-corrected chi connectivity index (χ4v) is 2.55. The Kier molecular flexibility index (Phi) is 2.15. The van der Waals surface area contributed by atoms with Crippen molar-refractivity contribution in [1.82, 2.24) is 5.32 Å². The minimum atomic E-state index is -1.17. The van der Waals surface area contributed by atoms with Crippen LogP contribution in [0, 0.1) is 0 Å². The molecule has 4 heteroatoms. The number of carboxylic acid groups (broad SMARTS) is 1. The van der Waals surface area contributed by atoms with E-state index in [1.165, 1.54) is 25.7 Å². The maximum Gasteiger partial charge on any atom is 0.507 e. The first kappa shape index (κ1) is 8.81. The van der Waals surface area contributed by atoms with Crippen molar-refractivity contribution in [3.8, 4) is 0 Å². The monoisotopic (exact) mass is 185 g/mol. The summed E-state index contributed by atoms with van der Waals surface area (Å²) >= 11 is 0. The molecule has 0 bridgehead atoms. The molecule has 0 amide bonds. The molecule has 1 saturated carbocycles. The maximum absolute atomic E-state index is 10.3. The Balaban J connectivity index is 1.89. The first-order chi connectivity index (χ1) is 6.20. The van der Waals surface area contributed by atoms with E-state index >= 15 is 0 Å². The summed E-state index contributed by atoms with van der Waals surface area (Å²) < 4.78 is 4.70. The molecule has 0 radical (unpaired) electrons. The first-order valence-electron chi connectivity index (χ1n) is 4.88. The molecule has 1 heterocycles. The van der Waals surface area contributed by atoms with Crippen LogP contribution in [0.15, 0.2) is 0 Å². The second-order valence-corrected chi connectivity index (χ2v) is 4.04. The van der Waals surface area contributed by atoms with Gasteiger partial charge in [0.05, 0.1) is 0 Å². The van der Waals surface area contributed by atoms with Gasteiger partial charge in [0.2, 0.25) is 0 Å². The minimum Gasteiger partial charge on any atom is -0.450 e. The average Bonchev–Trinajstić information content (AvgIpc) is 2.63. The molecule has 4 nitrogen and oxygen atoms in total. The fourth-order valence-electron chi connectivity index (χ4n) is 2.55. The molecule has 1 saturated heterocycles. The smallest absolute Gasteiger partial charge is 0.450 e. The molecular weight excluding hydrogens is 170 g/mol. The standard InChI is InChI=1S/C9H15NO3/c11-8(12)13-7-3-6-9(10-7)4-1-2-5-9/h7,10H,1-6H2,(H,11,12). The van der Waals surface area contributed by atoms with Crippen molar-refractivity contribution in [2.45, 2.75) is 50.3 Å². The molecule has 0 aromatic heterocycles. The van der Waals surface area contributed by atoms with Crippen molar-refractivity contribution >= 4 is 6.16 Å². The van der Waals surface area contributed by atoms with Crippen molar-refractivity contribution < 1.29 is 14.6 Å². The zero-order valence-corrected chi connectivity index (χ0v) is 7.58. The van der Waals surface area contributed by atoms with Gasteiger partial charge in [-0.3, -0.25) is 5.32 Å². The third-order valence-corrected chi connectivity index (χ3v) is 3.16. The van der Waals surface area contributed by atoms with Crippen LogP contribution in [0.2, 0.25) is 0 Å². The summed E-state index contributed by atoms with van der Waals surface area (Å²) in [5.74, 6) is 0. The van der Waals surface area contributed by atoms with Crippen molar-refractivity contribution in [2.75, 3.05) is 0 Å². The van der Waals surface area contributed by atoms with E-state index in [4.69, 9.17) is 9.84 Å². The summed E-state index contributed by atoms with van der Waals surface area (Å²) in [4.78, 5) is 10.3. The van der Waals surface area contributed by atoms with Gasteiger partial charge in [-0.25, -0.2) is 4.79 Å². The lowest BCUT2D eigenvalue weighted by atomic mass is 9.96. The molecule has 1 unspecified atom stereocenters. The molecule has 1 spiro atoms. The lowest BCUT2D eigenvalue weighted by Gasteiger charge is -2.23. The summed E-state index contributed by atoms with van der Waals surface area (Å²) in [7, 11) is 0. The zero-order valence-electron chi connectivity index (χ0n) is 7.58. The third kappa shape index (κ3) is 1.77. The highest BCUT2D eigenvalue weighted by molar-refractivity contribution is 5.57. The van der Waals surface area contributed by atoms with E-state index in [0.717, 1.165) is 12.8 Å². The summed E-state index contributed by atoms with van der Waals surface area (Å²) in [6.45, 7) is 0. The van der Waals surface area contributed by atoms with Gasteiger partial charge < -0.3 is 9.84 Å². The van der Waals surface area contributed by atoms with Crippen molar-refractivity contribution in [2.24, 2.45) is 0 Å². The highest BCUT2D eigenvalue weighted by Gasteiger charge is 2.41. The first-order valence-corrected chi connectivity index (χ1v) is 4.88. The second kappa shape index (κ2) is 3.18. The summed E-state index contributed by atoms with van der Waals surface area (Å²) in [5, 5.41) is 11.7. The highest BCUT2D eigenvalue weighted by atomic mass is 16.7. The number of hydrogen-bond donors (Lipinski definition) is 2. The lowest BCUT2D eigenvalue weighted by molar-refractivity contribution is 0.0399. The van der Waals surface area contributed by atoms with Gasteiger partial charge in [0.15, 0.2) is 6.23 Å². The molecule has 1 aliphatic heterocycles. The normalized spacial score (nSPS) is 30.9.